The lowest BCUT2D eigenvalue weighted by molar-refractivity contribution is -0.150. The fourth-order valence-corrected chi connectivity index (χ4v) is 5.50. The molecule has 10 heteroatoms. The predicted octanol–water partition coefficient (Wildman–Crippen LogP) is 2.80. The number of carbonyl (C=O) groups is 4. The van der Waals surface area contributed by atoms with E-state index in [1.165, 1.54) is 0 Å². The highest BCUT2D eigenvalue weighted by Gasteiger charge is 2.56. The maximum Gasteiger partial charge on any atom is 0.326 e. The molecule has 186 valence electrons. The zero-order valence-electron chi connectivity index (χ0n) is 20.5. The molecule has 35 heavy (non-hydrogen) atoms. The van der Waals surface area contributed by atoms with Gasteiger partial charge in [-0.3, -0.25) is 19.3 Å². The third-order valence-electron chi connectivity index (χ3n) is 6.38. The molecule has 1 aromatic carbocycles. The van der Waals surface area contributed by atoms with Crippen LogP contribution in [0.3, 0.4) is 0 Å². The maximum absolute atomic E-state index is 13.2. The molecule has 1 saturated carbocycles. The van der Waals surface area contributed by atoms with Crippen LogP contribution in [-0.2, 0) is 19.1 Å². The topological polar surface area (TPSA) is 123 Å². The Balaban J connectivity index is 1.34. The Morgan fingerprint density at radius 3 is 2.60 bits per heavy atom. The van der Waals surface area contributed by atoms with Crippen LogP contribution in [-0.4, -0.2) is 57.2 Å². The SMILES string of the molecule is Cc1cc(NC(=O)COC(=O)CN2C(=O)N[C@@]3(C[C@@H](C)CC(C)(C)C3)C2=O)n(-c2ccccc2)n1. The second kappa shape index (κ2) is 9.16. The third kappa shape index (κ3) is 5.21. The molecule has 4 amide bonds. The second-order valence-corrected chi connectivity index (χ2v) is 10.4. The van der Waals surface area contributed by atoms with Gasteiger partial charge in [0.05, 0.1) is 11.4 Å². The number of hydrogen-bond acceptors (Lipinski definition) is 6. The first kappa shape index (κ1) is 24.4. The minimum atomic E-state index is -0.996. The van der Waals surface area contributed by atoms with Crippen molar-refractivity contribution in [3.8, 4) is 5.69 Å². The standard InChI is InChI=1S/C25H31N5O5/c1-16-11-24(3,4)15-25(12-16)22(33)29(23(34)27-25)13-21(32)35-14-20(31)26-19-10-17(2)28-30(19)18-8-6-5-7-9-18/h5-10,16H,11-15H2,1-4H3,(H,26,31)(H,27,34)/t16-,25+/m0/s1. The van der Waals surface area contributed by atoms with Gasteiger partial charge >= 0.3 is 12.0 Å². The molecule has 1 spiro atoms. The molecule has 2 aliphatic rings. The number of esters is 1. The van der Waals surface area contributed by atoms with Gasteiger partial charge in [0.15, 0.2) is 6.61 Å². The zero-order chi connectivity index (χ0) is 25.4. The Labute approximate surface area is 204 Å². The summed E-state index contributed by atoms with van der Waals surface area (Å²) in [4.78, 5) is 51.5. The highest BCUT2D eigenvalue weighted by molar-refractivity contribution is 6.09. The maximum atomic E-state index is 13.2. The van der Waals surface area contributed by atoms with Gasteiger partial charge < -0.3 is 15.4 Å². The summed E-state index contributed by atoms with van der Waals surface area (Å²) in [5.41, 5.74) is 0.359. The summed E-state index contributed by atoms with van der Waals surface area (Å²) < 4.78 is 6.65. The first-order chi connectivity index (χ1) is 16.5. The van der Waals surface area contributed by atoms with Crippen molar-refractivity contribution < 1.29 is 23.9 Å². The molecule has 0 radical (unpaired) electrons. The number of nitrogens with one attached hydrogen (secondary N) is 2. The fraction of sp³-hybridized carbons (Fsp3) is 0.480. The monoisotopic (exact) mass is 481 g/mol. The zero-order valence-corrected chi connectivity index (χ0v) is 20.5. The summed E-state index contributed by atoms with van der Waals surface area (Å²) in [6, 6.07) is 10.4. The van der Waals surface area contributed by atoms with E-state index >= 15 is 0 Å². The van der Waals surface area contributed by atoms with E-state index in [1.54, 1.807) is 17.7 Å². The second-order valence-electron chi connectivity index (χ2n) is 10.4. The van der Waals surface area contributed by atoms with Gasteiger partial charge in [-0.15, -0.1) is 0 Å². The van der Waals surface area contributed by atoms with Crippen molar-refractivity contribution in [1.29, 1.82) is 0 Å². The van der Waals surface area contributed by atoms with E-state index in [2.05, 4.69) is 36.5 Å². The third-order valence-corrected chi connectivity index (χ3v) is 6.38. The largest absolute Gasteiger partial charge is 0.454 e. The summed E-state index contributed by atoms with van der Waals surface area (Å²) in [5.74, 6) is -1.12. The normalized spacial score (nSPS) is 23.3. The van der Waals surface area contributed by atoms with Crippen LogP contribution in [0.5, 0.6) is 0 Å². The minimum absolute atomic E-state index is 0.111. The number of anilines is 1. The predicted molar refractivity (Wildman–Crippen MR) is 128 cm³/mol. The van der Waals surface area contributed by atoms with Gasteiger partial charge in [0.2, 0.25) is 0 Å². The lowest BCUT2D eigenvalue weighted by atomic mass is 9.64. The van der Waals surface area contributed by atoms with E-state index in [4.69, 9.17) is 4.74 Å². The molecule has 2 aromatic rings. The van der Waals surface area contributed by atoms with Crippen LogP contribution in [0.4, 0.5) is 10.6 Å². The number of urea groups is 1. The van der Waals surface area contributed by atoms with Crippen molar-refractivity contribution in [2.45, 2.75) is 52.5 Å². The van der Waals surface area contributed by atoms with Crippen LogP contribution in [0.2, 0.25) is 0 Å². The molecule has 4 rings (SSSR count). The lowest BCUT2D eigenvalue weighted by Crippen LogP contribution is -2.54. The van der Waals surface area contributed by atoms with Crippen LogP contribution in [0.25, 0.3) is 5.69 Å². The Bertz CT molecular complexity index is 1160. The lowest BCUT2D eigenvalue weighted by Gasteiger charge is -2.43. The summed E-state index contributed by atoms with van der Waals surface area (Å²) in [5, 5.41) is 9.88. The number of amides is 4. The van der Waals surface area contributed by atoms with E-state index < -0.39 is 42.5 Å². The molecule has 0 bridgehead atoms. The van der Waals surface area contributed by atoms with E-state index in [-0.39, 0.29) is 11.3 Å². The number of hydrogen-bond donors (Lipinski definition) is 2. The Kier molecular flexibility index (Phi) is 6.40. The molecule has 2 N–H and O–H groups in total. The van der Waals surface area contributed by atoms with E-state index in [9.17, 15) is 19.2 Å². The highest BCUT2D eigenvalue weighted by Crippen LogP contribution is 2.46. The fourth-order valence-electron chi connectivity index (χ4n) is 5.50. The van der Waals surface area contributed by atoms with Crippen LogP contribution < -0.4 is 10.6 Å². The summed E-state index contributed by atoms with van der Waals surface area (Å²) in [7, 11) is 0. The van der Waals surface area contributed by atoms with Gasteiger partial charge in [-0.2, -0.15) is 5.10 Å². The number of ether oxygens (including phenoxy) is 1. The smallest absolute Gasteiger partial charge is 0.326 e. The number of imide groups is 1. The molecule has 10 nitrogen and oxygen atoms in total. The first-order valence-corrected chi connectivity index (χ1v) is 11.7. The molecule has 2 atom stereocenters. The van der Waals surface area contributed by atoms with Crippen LogP contribution in [0, 0.1) is 18.3 Å². The van der Waals surface area contributed by atoms with Crippen molar-refractivity contribution in [3.05, 3.63) is 42.1 Å². The van der Waals surface area contributed by atoms with E-state index in [0.717, 1.165) is 17.0 Å². The van der Waals surface area contributed by atoms with Crippen molar-refractivity contribution in [2.24, 2.45) is 11.3 Å². The molecule has 1 aliphatic heterocycles. The van der Waals surface area contributed by atoms with Gasteiger partial charge in [0, 0.05) is 6.07 Å². The number of aryl methyl sites for hydroxylation is 1. The molecule has 2 fully saturated rings. The molecule has 1 aromatic heterocycles. The van der Waals surface area contributed by atoms with Crippen molar-refractivity contribution in [2.75, 3.05) is 18.5 Å². The van der Waals surface area contributed by atoms with Crippen LogP contribution in [0.1, 0.15) is 45.7 Å². The number of benzene rings is 1. The number of aromatic nitrogens is 2. The van der Waals surface area contributed by atoms with Crippen molar-refractivity contribution in [1.82, 2.24) is 20.0 Å². The van der Waals surface area contributed by atoms with Crippen molar-refractivity contribution in [3.63, 3.8) is 0 Å². The number of nitrogens with zero attached hydrogens (tertiary/aromatic N) is 3. The Morgan fingerprint density at radius 2 is 1.91 bits per heavy atom. The van der Waals surface area contributed by atoms with Crippen LogP contribution in [0.15, 0.2) is 36.4 Å². The van der Waals surface area contributed by atoms with Crippen molar-refractivity contribution >= 4 is 29.6 Å². The number of para-hydroxylation sites is 1. The minimum Gasteiger partial charge on any atom is -0.454 e. The molecule has 2 heterocycles. The average Bonchev–Trinajstić information content (AvgIpc) is 3.23. The molecule has 1 saturated heterocycles. The van der Waals surface area contributed by atoms with E-state index in [1.807, 2.05) is 30.3 Å². The van der Waals surface area contributed by atoms with Crippen LogP contribution >= 0.6 is 0 Å². The molecular weight excluding hydrogens is 450 g/mol. The van der Waals surface area contributed by atoms with Gasteiger partial charge in [0.25, 0.3) is 11.8 Å². The Morgan fingerprint density at radius 1 is 1.20 bits per heavy atom. The number of carbonyl (C=O) groups excluding carboxylic acids is 4. The van der Waals surface area contributed by atoms with Gasteiger partial charge in [-0.1, -0.05) is 39.0 Å². The first-order valence-electron chi connectivity index (χ1n) is 11.7. The summed E-state index contributed by atoms with van der Waals surface area (Å²) in [6.07, 6.45) is 2.00. The molecular formula is C25H31N5O5. The Hall–Kier alpha value is -3.69. The average molecular weight is 482 g/mol. The van der Waals surface area contributed by atoms with Gasteiger partial charge in [-0.25, -0.2) is 9.48 Å². The van der Waals surface area contributed by atoms with Gasteiger partial charge in [-0.05, 0) is 49.7 Å². The van der Waals surface area contributed by atoms with Gasteiger partial charge in [0.1, 0.15) is 17.9 Å². The highest BCUT2D eigenvalue weighted by atomic mass is 16.5. The molecule has 0 unspecified atom stereocenters. The summed E-state index contributed by atoms with van der Waals surface area (Å²) in [6.45, 7) is 6.90. The summed E-state index contributed by atoms with van der Waals surface area (Å²) >= 11 is 0. The molecule has 1 aliphatic carbocycles. The number of rotatable bonds is 6. The quantitative estimate of drug-likeness (QED) is 0.483. The van der Waals surface area contributed by atoms with E-state index in [0.29, 0.717) is 24.4 Å².